The van der Waals surface area contributed by atoms with Gasteiger partial charge in [0.2, 0.25) is 11.9 Å². The number of anilines is 2. The maximum Gasteiger partial charge on any atom is 0.490 e. The van der Waals surface area contributed by atoms with E-state index in [9.17, 15) is 18.0 Å². The van der Waals surface area contributed by atoms with E-state index in [1.54, 1.807) is 20.2 Å². The first-order valence-electron chi connectivity index (χ1n) is 10.9. The Labute approximate surface area is 204 Å². The Kier molecular flexibility index (Phi) is 8.49. The molecular weight excluding hydrogens is 481 g/mol. The fourth-order valence-electron chi connectivity index (χ4n) is 3.39. The zero-order chi connectivity index (χ0) is 26.3. The van der Waals surface area contributed by atoms with Gasteiger partial charge in [0, 0.05) is 39.4 Å². The Morgan fingerprint density at radius 1 is 1.25 bits per heavy atom. The number of pyridine rings is 1. The number of carboxylic acids is 1. The zero-order valence-corrected chi connectivity index (χ0v) is 19.6. The number of nitrogens with one attached hydrogen (secondary N) is 2. The Morgan fingerprint density at radius 3 is 2.53 bits per heavy atom. The lowest BCUT2D eigenvalue weighted by atomic mass is 10.3. The van der Waals surface area contributed by atoms with Gasteiger partial charge in [-0.3, -0.25) is 18.9 Å². The van der Waals surface area contributed by atoms with Crippen molar-refractivity contribution in [3.63, 3.8) is 0 Å². The number of imidazole rings is 1. The van der Waals surface area contributed by atoms with E-state index in [4.69, 9.17) is 14.9 Å². The number of rotatable bonds is 5. The number of aromatic nitrogens is 5. The van der Waals surface area contributed by atoms with Crippen molar-refractivity contribution in [3.8, 4) is 11.8 Å². The van der Waals surface area contributed by atoms with Gasteiger partial charge >= 0.3 is 12.1 Å². The first kappa shape index (κ1) is 26.5. The third-order valence-electron chi connectivity index (χ3n) is 5.18. The van der Waals surface area contributed by atoms with Crippen molar-refractivity contribution < 1.29 is 23.1 Å². The largest absolute Gasteiger partial charge is 0.490 e. The second-order valence-electron chi connectivity index (χ2n) is 7.61. The number of hydrogen-bond acceptors (Lipinski definition) is 8. The molecule has 0 saturated carbocycles. The lowest BCUT2D eigenvalue weighted by Gasteiger charge is -2.28. The molecule has 14 heteroatoms. The van der Waals surface area contributed by atoms with Gasteiger partial charge in [0.05, 0.1) is 18.8 Å². The second kappa shape index (κ2) is 11.5. The van der Waals surface area contributed by atoms with E-state index in [2.05, 4.69) is 37.3 Å². The zero-order valence-electron chi connectivity index (χ0n) is 19.6. The molecule has 36 heavy (non-hydrogen) atoms. The predicted octanol–water partition coefficient (Wildman–Crippen LogP) is 1.20. The average molecular weight is 506 g/mol. The van der Waals surface area contributed by atoms with Crippen molar-refractivity contribution in [1.29, 1.82) is 0 Å². The third kappa shape index (κ3) is 6.30. The van der Waals surface area contributed by atoms with E-state index in [1.165, 1.54) is 4.57 Å². The number of piperazine rings is 1. The molecule has 1 saturated heterocycles. The Bertz CT molecular complexity index is 1320. The Morgan fingerprint density at radius 2 is 1.94 bits per heavy atom. The SMILES string of the molecule is CC#CCn1c(N2CCNCC2)nc2nc(NCc3ccccn3)n(C)c(=O)c21.O=C(O)C(F)(F)F. The van der Waals surface area contributed by atoms with Crippen LogP contribution in [0, 0.1) is 11.8 Å². The molecule has 1 aliphatic rings. The molecule has 0 bridgehead atoms. The Hall–Kier alpha value is -4.12. The molecule has 3 aromatic heterocycles. The van der Waals surface area contributed by atoms with Crippen LogP contribution in [0.4, 0.5) is 25.1 Å². The molecule has 4 heterocycles. The highest BCUT2D eigenvalue weighted by Crippen LogP contribution is 2.21. The van der Waals surface area contributed by atoms with E-state index < -0.39 is 12.1 Å². The molecule has 3 N–H and O–H groups in total. The monoisotopic (exact) mass is 506 g/mol. The van der Waals surface area contributed by atoms with E-state index in [-0.39, 0.29) is 5.56 Å². The van der Waals surface area contributed by atoms with E-state index in [0.29, 0.717) is 30.2 Å². The van der Waals surface area contributed by atoms with Crippen LogP contribution in [0.25, 0.3) is 11.2 Å². The van der Waals surface area contributed by atoms with Crippen molar-refractivity contribution in [2.24, 2.45) is 7.05 Å². The fourth-order valence-corrected chi connectivity index (χ4v) is 3.39. The molecule has 11 nitrogen and oxygen atoms in total. The molecule has 3 aromatic rings. The van der Waals surface area contributed by atoms with Crippen LogP contribution < -0.4 is 21.1 Å². The summed E-state index contributed by atoms with van der Waals surface area (Å²) < 4.78 is 35.1. The summed E-state index contributed by atoms with van der Waals surface area (Å²) >= 11 is 0. The minimum absolute atomic E-state index is 0.148. The van der Waals surface area contributed by atoms with Crippen molar-refractivity contribution >= 4 is 29.0 Å². The van der Waals surface area contributed by atoms with Gasteiger partial charge in [-0.25, -0.2) is 4.79 Å². The van der Waals surface area contributed by atoms with Gasteiger partial charge in [-0.15, -0.1) is 5.92 Å². The summed E-state index contributed by atoms with van der Waals surface area (Å²) in [5.41, 5.74) is 1.63. The van der Waals surface area contributed by atoms with Crippen LogP contribution in [-0.4, -0.2) is 67.5 Å². The lowest BCUT2D eigenvalue weighted by molar-refractivity contribution is -0.192. The van der Waals surface area contributed by atoms with Gasteiger partial charge in [0.1, 0.15) is 0 Å². The molecule has 192 valence electrons. The molecular formula is C22H25F3N8O3. The molecule has 1 aliphatic heterocycles. The highest BCUT2D eigenvalue weighted by Gasteiger charge is 2.38. The number of alkyl halides is 3. The van der Waals surface area contributed by atoms with Gasteiger partial charge < -0.3 is 20.6 Å². The summed E-state index contributed by atoms with van der Waals surface area (Å²) in [7, 11) is 1.71. The van der Waals surface area contributed by atoms with Crippen LogP contribution >= 0.6 is 0 Å². The van der Waals surface area contributed by atoms with Crippen molar-refractivity contribution in [2.75, 3.05) is 36.4 Å². The summed E-state index contributed by atoms with van der Waals surface area (Å²) in [5, 5.41) is 13.7. The summed E-state index contributed by atoms with van der Waals surface area (Å²) in [6.45, 7) is 6.08. The van der Waals surface area contributed by atoms with E-state index in [0.717, 1.165) is 37.8 Å². The highest BCUT2D eigenvalue weighted by molar-refractivity contribution is 5.76. The van der Waals surface area contributed by atoms with Crippen molar-refractivity contribution in [2.45, 2.75) is 26.2 Å². The van der Waals surface area contributed by atoms with Crippen molar-refractivity contribution in [1.82, 2.24) is 29.4 Å². The molecule has 1 fully saturated rings. The summed E-state index contributed by atoms with van der Waals surface area (Å²) in [6, 6.07) is 5.72. The smallest absolute Gasteiger partial charge is 0.475 e. The average Bonchev–Trinajstić information content (AvgIpc) is 3.23. The first-order chi connectivity index (χ1) is 17.1. The summed E-state index contributed by atoms with van der Waals surface area (Å²) in [6.07, 6.45) is -3.34. The van der Waals surface area contributed by atoms with Gasteiger partial charge in [-0.2, -0.15) is 23.1 Å². The molecule has 0 radical (unpaired) electrons. The number of carbonyl (C=O) groups is 1. The number of nitrogens with zero attached hydrogens (tertiary/aromatic N) is 6. The molecule has 0 atom stereocenters. The summed E-state index contributed by atoms with van der Waals surface area (Å²) in [5.74, 6) is 4.42. The molecule has 0 spiro atoms. The normalized spacial score (nSPS) is 13.4. The highest BCUT2D eigenvalue weighted by atomic mass is 19.4. The minimum Gasteiger partial charge on any atom is -0.475 e. The first-order valence-corrected chi connectivity index (χ1v) is 10.9. The third-order valence-corrected chi connectivity index (χ3v) is 5.18. The number of carboxylic acid groups (broad SMARTS) is 1. The van der Waals surface area contributed by atoms with Crippen LogP contribution in [0.15, 0.2) is 29.2 Å². The molecule has 0 unspecified atom stereocenters. The maximum atomic E-state index is 13.2. The number of hydrogen-bond donors (Lipinski definition) is 3. The van der Waals surface area contributed by atoms with E-state index >= 15 is 0 Å². The molecule has 4 rings (SSSR count). The van der Waals surface area contributed by atoms with Crippen LogP contribution in [0.3, 0.4) is 0 Å². The number of halogens is 3. The van der Waals surface area contributed by atoms with E-state index in [1.807, 2.05) is 22.8 Å². The van der Waals surface area contributed by atoms with Crippen LogP contribution in [0.2, 0.25) is 0 Å². The van der Waals surface area contributed by atoms with Crippen LogP contribution in [0.5, 0.6) is 0 Å². The fraction of sp³-hybridized carbons (Fsp3) is 0.409. The number of fused-ring (bicyclic) bond motifs is 1. The van der Waals surface area contributed by atoms with Crippen LogP contribution in [-0.2, 0) is 24.9 Å². The Balaban J connectivity index is 0.000000454. The van der Waals surface area contributed by atoms with Gasteiger partial charge in [0.15, 0.2) is 11.2 Å². The predicted molar refractivity (Wildman–Crippen MR) is 127 cm³/mol. The standard InChI is InChI=1S/C20H24N8O.C2HF3O2/c1-3-4-11-28-16-17(25-20(28)27-12-9-21-10-13-27)24-19(26(2)18(16)29)23-14-15-7-5-6-8-22-15;3-2(4,5)1(6)7/h5-8,21H,9-14H2,1-2H3,(H,23,24);(H,6,7). The maximum absolute atomic E-state index is 13.2. The van der Waals surface area contributed by atoms with Crippen LogP contribution in [0.1, 0.15) is 12.6 Å². The topological polar surface area (TPSA) is 130 Å². The van der Waals surface area contributed by atoms with Crippen molar-refractivity contribution in [3.05, 3.63) is 40.4 Å². The molecule has 0 aromatic carbocycles. The molecule has 0 aliphatic carbocycles. The quantitative estimate of drug-likeness (QED) is 0.437. The number of aliphatic carboxylic acids is 1. The van der Waals surface area contributed by atoms with Gasteiger partial charge in [0.25, 0.3) is 5.56 Å². The second-order valence-corrected chi connectivity index (χ2v) is 7.61. The minimum atomic E-state index is -5.08. The molecule has 0 amide bonds. The lowest BCUT2D eigenvalue weighted by Crippen LogP contribution is -2.44. The van der Waals surface area contributed by atoms with Gasteiger partial charge in [-0.05, 0) is 19.1 Å². The van der Waals surface area contributed by atoms with Gasteiger partial charge in [-0.1, -0.05) is 12.0 Å². The summed E-state index contributed by atoms with van der Waals surface area (Å²) in [4.78, 5) is 37.9.